The number of aromatic nitrogens is 1. The lowest BCUT2D eigenvalue weighted by Gasteiger charge is -2.09. The molecule has 0 unspecified atom stereocenters. The first kappa shape index (κ1) is 14.2. The van der Waals surface area contributed by atoms with Crippen molar-refractivity contribution in [3.8, 4) is 0 Å². The molecule has 1 heterocycles. The summed E-state index contributed by atoms with van der Waals surface area (Å²) in [5, 5.41) is 3.10. The van der Waals surface area contributed by atoms with Gasteiger partial charge in [0, 0.05) is 35.6 Å². The van der Waals surface area contributed by atoms with Crippen LogP contribution in [0, 0.1) is 0 Å². The number of carbonyl (C=O) groups excluding carboxylic acids is 1. The van der Waals surface area contributed by atoms with Gasteiger partial charge >= 0.3 is 0 Å². The second-order valence-corrected chi connectivity index (χ2v) is 4.69. The normalized spacial score (nSPS) is 10.4. The van der Waals surface area contributed by atoms with Gasteiger partial charge in [-0.1, -0.05) is 24.3 Å². The maximum atomic E-state index is 12.4. The van der Waals surface area contributed by atoms with E-state index in [2.05, 4.69) is 10.3 Å². The number of nitrogen functional groups attached to an aromatic ring is 1. The van der Waals surface area contributed by atoms with Gasteiger partial charge < -0.3 is 11.1 Å². The highest BCUT2D eigenvalue weighted by Gasteiger charge is 2.12. The topological polar surface area (TPSA) is 68.0 Å². The number of carbonyl (C=O) groups is 1. The lowest BCUT2D eigenvalue weighted by molar-refractivity contribution is 0.0992. The Balaban J connectivity index is 2.19. The molecular formula is C16H19N3O. The lowest BCUT2D eigenvalue weighted by atomic mass is 9.97. The molecule has 1 aromatic heterocycles. The number of nitrogens with one attached hydrogen (secondary N) is 1. The Morgan fingerprint density at radius 2 is 2.05 bits per heavy atom. The van der Waals surface area contributed by atoms with Crippen LogP contribution in [0.5, 0.6) is 0 Å². The minimum Gasteiger partial charge on any atom is -0.398 e. The van der Waals surface area contributed by atoms with Crippen molar-refractivity contribution in [2.24, 2.45) is 0 Å². The molecule has 104 valence electrons. The number of hydrogen-bond acceptors (Lipinski definition) is 4. The monoisotopic (exact) mass is 269 g/mol. The summed E-state index contributed by atoms with van der Waals surface area (Å²) >= 11 is 0. The lowest BCUT2D eigenvalue weighted by Crippen LogP contribution is -2.14. The Hall–Kier alpha value is -2.20. The van der Waals surface area contributed by atoms with Crippen molar-refractivity contribution in [2.75, 3.05) is 19.3 Å². The van der Waals surface area contributed by atoms with Gasteiger partial charge in [0.2, 0.25) is 0 Å². The molecule has 0 fully saturated rings. The van der Waals surface area contributed by atoms with Crippen LogP contribution in [0.4, 0.5) is 5.69 Å². The van der Waals surface area contributed by atoms with Gasteiger partial charge in [-0.25, -0.2) is 0 Å². The first-order valence-corrected chi connectivity index (χ1v) is 6.66. The van der Waals surface area contributed by atoms with Gasteiger partial charge in [-0.05, 0) is 31.6 Å². The molecule has 1 aromatic carbocycles. The van der Waals surface area contributed by atoms with Crippen molar-refractivity contribution in [2.45, 2.75) is 12.8 Å². The third kappa shape index (κ3) is 3.42. The number of ketones is 1. The standard InChI is InChI=1S/C16H19N3O/c1-18-8-6-12-4-2-3-5-14(12)16(20)10-13-11-19-9-7-15(13)17/h2-5,7,9,11,18H,6,8,10H2,1H3,(H2,17,19). The second kappa shape index (κ2) is 6.82. The van der Waals surface area contributed by atoms with Crippen LogP contribution in [0.25, 0.3) is 0 Å². The van der Waals surface area contributed by atoms with E-state index < -0.39 is 0 Å². The van der Waals surface area contributed by atoms with Gasteiger partial charge in [0.05, 0.1) is 0 Å². The fourth-order valence-electron chi connectivity index (χ4n) is 2.12. The van der Waals surface area contributed by atoms with Gasteiger partial charge in [0.15, 0.2) is 5.78 Å². The molecule has 0 saturated heterocycles. The highest BCUT2D eigenvalue weighted by molar-refractivity contribution is 5.99. The van der Waals surface area contributed by atoms with E-state index in [0.717, 1.165) is 29.7 Å². The molecule has 0 atom stereocenters. The Morgan fingerprint density at radius 3 is 2.80 bits per heavy atom. The number of nitrogens with zero attached hydrogens (tertiary/aromatic N) is 1. The van der Waals surface area contributed by atoms with E-state index >= 15 is 0 Å². The summed E-state index contributed by atoms with van der Waals surface area (Å²) in [4.78, 5) is 16.5. The maximum absolute atomic E-state index is 12.4. The minimum atomic E-state index is 0.0800. The van der Waals surface area contributed by atoms with E-state index in [4.69, 9.17) is 5.73 Å². The molecule has 2 aromatic rings. The highest BCUT2D eigenvalue weighted by Crippen LogP contribution is 2.16. The first-order chi connectivity index (χ1) is 9.72. The first-order valence-electron chi connectivity index (χ1n) is 6.66. The number of pyridine rings is 1. The summed E-state index contributed by atoms with van der Waals surface area (Å²) in [7, 11) is 1.90. The summed E-state index contributed by atoms with van der Waals surface area (Å²) < 4.78 is 0. The van der Waals surface area contributed by atoms with E-state index in [0.29, 0.717) is 5.69 Å². The van der Waals surface area contributed by atoms with Gasteiger partial charge in [-0.3, -0.25) is 9.78 Å². The van der Waals surface area contributed by atoms with Crippen LogP contribution in [0.1, 0.15) is 21.5 Å². The van der Waals surface area contributed by atoms with E-state index in [-0.39, 0.29) is 12.2 Å². The Morgan fingerprint density at radius 1 is 1.25 bits per heavy atom. The largest absolute Gasteiger partial charge is 0.398 e. The summed E-state index contributed by atoms with van der Waals surface area (Å²) in [5.74, 6) is 0.0800. The van der Waals surface area contributed by atoms with Gasteiger partial charge in [-0.2, -0.15) is 0 Å². The van der Waals surface area contributed by atoms with Crippen molar-refractivity contribution in [3.05, 3.63) is 59.4 Å². The highest BCUT2D eigenvalue weighted by atomic mass is 16.1. The maximum Gasteiger partial charge on any atom is 0.167 e. The van der Waals surface area contributed by atoms with Crippen LogP contribution in [-0.2, 0) is 12.8 Å². The number of rotatable bonds is 6. The van der Waals surface area contributed by atoms with Crippen LogP contribution >= 0.6 is 0 Å². The molecule has 0 bridgehead atoms. The van der Waals surface area contributed by atoms with Crippen LogP contribution in [0.3, 0.4) is 0 Å². The Labute approximate surface area is 119 Å². The quantitative estimate of drug-likeness (QED) is 0.785. The summed E-state index contributed by atoms with van der Waals surface area (Å²) in [6.07, 6.45) is 4.41. The van der Waals surface area contributed by atoms with Crippen molar-refractivity contribution in [3.63, 3.8) is 0 Å². The Bertz CT molecular complexity index is 596. The fraction of sp³-hybridized carbons (Fsp3) is 0.250. The summed E-state index contributed by atoms with van der Waals surface area (Å²) in [5.41, 5.74) is 9.09. The van der Waals surface area contributed by atoms with Gasteiger partial charge in [0.1, 0.15) is 0 Å². The molecule has 0 spiro atoms. The van der Waals surface area contributed by atoms with Crippen LogP contribution in [0.2, 0.25) is 0 Å². The summed E-state index contributed by atoms with van der Waals surface area (Å²) in [6, 6.07) is 9.44. The molecule has 0 aliphatic heterocycles. The number of hydrogen-bond donors (Lipinski definition) is 2. The predicted molar refractivity (Wildman–Crippen MR) is 80.8 cm³/mol. The number of nitrogens with two attached hydrogens (primary N) is 1. The van der Waals surface area contributed by atoms with Gasteiger partial charge in [0.25, 0.3) is 0 Å². The average molecular weight is 269 g/mol. The van der Waals surface area contributed by atoms with E-state index in [1.807, 2.05) is 31.3 Å². The number of likely N-dealkylation sites (N-methyl/N-ethyl adjacent to an activating group) is 1. The van der Waals surface area contributed by atoms with Crippen molar-refractivity contribution in [1.29, 1.82) is 0 Å². The van der Waals surface area contributed by atoms with E-state index in [9.17, 15) is 4.79 Å². The molecule has 0 radical (unpaired) electrons. The molecule has 0 aliphatic rings. The van der Waals surface area contributed by atoms with E-state index in [1.165, 1.54) is 0 Å². The smallest absolute Gasteiger partial charge is 0.167 e. The van der Waals surface area contributed by atoms with Crippen LogP contribution in [0.15, 0.2) is 42.7 Å². The molecule has 2 rings (SSSR count). The molecule has 0 amide bonds. The molecule has 4 heteroatoms. The van der Waals surface area contributed by atoms with Crippen molar-refractivity contribution >= 4 is 11.5 Å². The Kier molecular flexibility index (Phi) is 4.85. The van der Waals surface area contributed by atoms with Crippen LogP contribution < -0.4 is 11.1 Å². The molecule has 4 nitrogen and oxygen atoms in total. The van der Waals surface area contributed by atoms with Gasteiger partial charge in [-0.15, -0.1) is 0 Å². The molecule has 3 N–H and O–H groups in total. The number of Topliss-reactive ketones (excluding diaryl/α,β-unsaturated/α-hetero) is 1. The van der Waals surface area contributed by atoms with Crippen LogP contribution in [-0.4, -0.2) is 24.4 Å². The molecule has 20 heavy (non-hydrogen) atoms. The zero-order valence-corrected chi connectivity index (χ0v) is 11.6. The third-order valence-electron chi connectivity index (χ3n) is 3.25. The molecule has 0 aliphatic carbocycles. The van der Waals surface area contributed by atoms with Crippen molar-refractivity contribution < 1.29 is 4.79 Å². The molecule has 0 saturated carbocycles. The van der Waals surface area contributed by atoms with E-state index in [1.54, 1.807) is 18.5 Å². The number of benzene rings is 1. The third-order valence-corrected chi connectivity index (χ3v) is 3.25. The molecular weight excluding hydrogens is 250 g/mol. The SMILES string of the molecule is CNCCc1ccccc1C(=O)Cc1cnccc1N. The number of anilines is 1. The zero-order chi connectivity index (χ0) is 14.4. The summed E-state index contributed by atoms with van der Waals surface area (Å²) in [6.45, 7) is 0.847. The fourth-order valence-corrected chi connectivity index (χ4v) is 2.12. The minimum absolute atomic E-state index is 0.0800. The zero-order valence-electron chi connectivity index (χ0n) is 11.6. The van der Waals surface area contributed by atoms with Crippen molar-refractivity contribution in [1.82, 2.24) is 10.3 Å². The predicted octanol–water partition coefficient (Wildman–Crippen LogP) is 1.85. The average Bonchev–Trinajstić information content (AvgIpc) is 2.47. The second-order valence-electron chi connectivity index (χ2n) is 4.69.